The number of hydrogen-bond donors (Lipinski definition) is 1. The molecule has 0 aromatic carbocycles. The summed E-state index contributed by atoms with van der Waals surface area (Å²) in [6.07, 6.45) is 7.23. The van der Waals surface area contributed by atoms with Crippen molar-refractivity contribution in [2.45, 2.75) is 71.5 Å². The van der Waals surface area contributed by atoms with E-state index in [4.69, 9.17) is 0 Å². The van der Waals surface area contributed by atoms with Gasteiger partial charge in [-0.25, -0.2) is 0 Å². The van der Waals surface area contributed by atoms with E-state index in [1.807, 2.05) is 6.20 Å². The second-order valence-electron chi connectivity index (χ2n) is 6.05. The first-order valence-corrected chi connectivity index (χ1v) is 8.73. The molecule has 0 amide bonds. The Hall–Kier alpha value is -0.870. The van der Waals surface area contributed by atoms with Crippen LogP contribution in [0.25, 0.3) is 0 Å². The van der Waals surface area contributed by atoms with Gasteiger partial charge in [0.05, 0.1) is 11.7 Å². The lowest BCUT2D eigenvalue weighted by Gasteiger charge is -2.46. The van der Waals surface area contributed by atoms with Crippen molar-refractivity contribution in [3.63, 3.8) is 0 Å². The van der Waals surface area contributed by atoms with Crippen LogP contribution in [0.3, 0.4) is 0 Å². The van der Waals surface area contributed by atoms with Crippen LogP contribution in [0.4, 0.5) is 0 Å². The van der Waals surface area contributed by atoms with Crippen LogP contribution in [0.15, 0.2) is 12.3 Å². The summed E-state index contributed by atoms with van der Waals surface area (Å²) in [5, 5.41) is 8.30. The highest BCUT2D eigenvalue weighted by atomic mass is 15.3. The maximum Gasteiger partial charge on any atom is 0.0678 e. The fourth-order valence-electron chi connectivity index (χ4n) is 4.25. The molecule has 1 unspecified atom stereocenters. The van der Waals surface area contributed by atoms with Crippen LogP contribution in [0.1, 0.15) is 65.1 Å². The molecule has 1 N–H and O–H groups in total. The molecule has 1 fully saturated rings. The summed E-state index contributed by atoms with van der Waals surface area (Å²) in [6.45, 7) is 13.2. The molecule has 1 heterocycles. The van der Waals surface area contributed by atoms with Gasteiger partial charge in [-0.15, -0.1) is 0 Å². The average molecular weight is 292 g/mol. The van der Waals surface area contributed by atoms with Crippen molar-refractivity contribution in [1.82, 2.24) is 20.0 Å². The van der Waals surface area contributed by atoms with Crippen molar-refractivity contribution in [3.8, 4) is 0 Å². The van der Waals surface area contributed by atoms with Crippen LogP contribution in [0.5, 0.6) is 0 Å². The molecule has 0 radical (unpaired) electrons. The zero-order valence-corrected chi connectivity index (χ0v) is 14.2. The highest BCUT2D eigenvalue weighted by Gasteiger charge is 2.46. The first-order valence-electron chi connectivity index (χ1n) is 8.73. The van der Waals surface area contributed by atoms with Gasteiger partial charge in [0.25, 0.3) is 0 Å². The van der Waals surface area contributed by atoms with Crippen molar-refractivity contribution in [1.29, 1.82) is 0 Å². The summed E-state index contributed by atoms with van der Waals surface area (Å²) < 4.78 is 2.16. The van der Waals surface area contributed by atoms with Gasteiger partial charge < -0.3 is 5.32 Å². The normalized spacial score (nSPS) is 19.3. The van der Waals surface area contributed by atoms with Crippen LogP contribution < -0.4 is 5.32 Å². The number of likely N-dealkylation sites (N-methyl/N-ethyl adjacent to an activating group) is 2. The Kier molecular flexibility index (Phi) is 5.82. The Morgan fingerprint density at radius 3 is 2.43 bits per heavy atom. The zero-order valence-electron chi connectivity index (χ0n) is 14.2. The van der Waals surface area contributed by atoms with Crippen LogP contribution in [0, 0.1) is 0 Å². The lowest BCUT2D eigenvalue weighted by Crippen LogP contribution is -2.55. The third-order valence-corrected chi connectivity index (χ3v) is 5.15. The molecular formula is C17H32N4. The minimum atomic E-state index is 0.256. The van der Waals surface area contributed by atoms with Gasteiger partial charge >= 0.3 is 0 Å². The first kappa shape index (κ1) is 16.5. The Bertz CT molecular complexity index is 416. The second-order valence-corrected chi connectivity index (χ2v) is 6.05. The molecule has 0 aliphatic heterocycles. The average Bonchev–Trinajstić information content (AvgIpc) is 3.16. The summed E-state index contributed by atoms with van der Waals surface area (Å²) in [7, 11) is 0. The van der Waals surface area contributed by atoms with Crippen molar-refractivity contribution in [2.75, 3.05) is 19.6 Å². The maximum atomic E-state index is 4.51. The zero-order chi connectivity index (χ0) is 15.3. The Morgan fingerprint density at radius 2 is 1.90 bits per heavy atom. The van der Waals surface area contributed by atoms with Crippen LogP contribution >= 0.6 is 0 Å². The number of rotatable bonds is 8. The van der Waals surface area contributed by atoms with E-state index < -0.39 is 0 Å². The molecule has 0 bridgehead atoms. The summed E-state index contributed by atoms with van der Waals surface area (Å²) in [5.74, 6) is 0. The van der Waals surface area contributed by atoms with Crippen LogP contribution in [-0.2, 0) is 6.54 Å². The molecule has 1 aliphatic carbocycles. The first-order chi connectivity index (χ1) is 10.2. The third kappa shape index (κ3) is 3.02. The summed E-state index contributed by atoms with van der Waals surface area (Å²) >= 11 is 0. The molecule has 1 saturated carbocycles. The fourth-order valence-corrected chi connectivity index (χ4v) is 4.25. The van der Waals surface area contributed by atoms with E-state index >= 15 is 0 Å². The van der Waals surface area contributed by atoms with Crippen LogP contribution in [-0.4, -0.2) is 39.9 Å². The van der Waals surface area contributed by atoms with Crippen molar-refractivity contribution >= 4 is 0 Å². The molecular weight excluding hydrogens is 260 g/mol. The molecule has 2 rings (SSSR count). The summed E-state index contributed by atoms with van der Waals surface area (Å²) in [5.41, 5.74) is 1.61. The predicted molar refractivity (Wildman–Crippen MR) is 88.4 cm³/mol. The van der Waals surface area contributed by atoms with Gasteiger partial charge in [-0.2, -0.15) is 5.10 Å². The van der Waals surface area contributed by atoms with Gasteiger partial charge in [-0.05, 0) is 45.5 Å². The molecule has 1 atom stereocenters. The molecule has 0 spiro atoms. The SMILES string of the molecule is CCNC(c1ccnn1CC)C1(N(CC)CC)CCCC1. The number of aryl methyl sites for hydroxylation is 1. The van der Waals surface area contributed by atoms with Crippen LogP contribution in [0.2, 0.25) is 0 Å². The van der Waals surface area contributed by atoms with Gasteiger partial charge in [-0.3, -0.25) is 9.58 Å². The maximum absolute atomic E-state index is 4.51. The van der Waals surface area contributed by atoms with E-state index in [1.54, 1.807) is 0 Å². The molecule has 1 aromatic heterocycles. The van der Waals surface area contributed by atoms with Gasteiger partial charge in [0.15, 0.2) is 0 Å². The quantitative estimate of drug-likeness (QED) is 0.798. The highest BCUT2D eigenvalue weighted by Crippen LogP contribution is 2.44. The van der Waals surface area contributed by atoms with Gasteiger partial charge in [0.2, 0.25) is 0 Å². The van der Waals surface area contributed by atoms with Gasteiger partial charge in [-0.1, -0.05) is 33.6 Å². The lowest BCUT2D eigenvalue weighted by molar-refractivity contribution is 0.0599. The molecule has 1 aromatic rings. The highest BCUT2D eigenvalue weighted by molar-refractivity contribution is 5.17. The fraction of sp³-hybridized carbons (Fsp3) is 0.824. The van der Waals surface area contributed by atoms with E-state index in [9.17, 15) is 0 Å². The molecule has 4 heteroatoms. The molecule has 1 aliphatic rings. The van der Waals surface area contributed by atoms with E-state index in [0.717, 1.165) is 26.2 Å². The molecule has 120 valence electrons. The van der Waals surface area contributed by atoms with Gasteiger partial charge in [0.1, 0.15) is 0 Å². The molecule has 21 heavy (non-hydrogen) atoms. The summed E-state index contributed by atoms with van der Waals surface area (Å²) in [6, 6.07) is 2.59. The predicted octanol–water partition coefficient (Wildman–Crippen LogP) is 3.21. The van der Waals surface area contributed by atoms with Crippen molar-refractivity contribution in [2.24, 2.45) is 0 Å². The topological polar surface area (TPSA) is 33.1 Å². The Balaban J connectivity index is 2.42. The number of nitrogens with one attached hydrogen (secondary N) is 1. The largest absolute Gasteiger partial charge is 0.307 e. The smallest absolute Gasteiger partial charge is 0.0678 e. The van der Waals surface area contributed by atoms with Crippen molar-refractivity contribution in [3.05, 3.63) is 18.0 Å². The third-order valence-electron chi connectivity index (χ3n) is 5.15. The monoisotopic (exact) mass is 292 g/mol. The van der Waals surface area contributed by atoms with Crippen molar-refractivity contribution < 1.29 is 0 Å². The molecule has 4 nitrogen and oxygen atoms in total. The number of aromatic nitrogens is 2. The number of nitrogens with zero attached hydrogens (tertiary/aromatic N) is 3. The van der Waals surface area contributed by atoms with E-state index in [2.05, 4.69) is 53.8 Å². The van der Waals surface area contributed by atoms with Gasteiger partial charge in [0, 0.05) is 18.3 Å². The van der Waals surface area contributed by atoms with E-state index in [-0.39, 0.29) is 5.54 Å². The Labute approximate surface area is 129 Å². The number of hydrogen-bond acceptors (Lipinski definition) is 3. The van der Waals surface area contributed by atoms with E-state index in [1.165, 1.54) is 31.4 Å². The second kappa shape index (κ2) is 7.41. The molecule has 0 saturated heterocycles. The Morgan fingerprint density at radius 1 is 1.24 bits per heavy atom. The van der Waals surface area contributed by atoms with E-state index in [0.29, 0.717) is 6.04 Å². The standard InChI is InChI=1S/C17H32N4/c1-5-18-16(15-11-14-19-21(15)8-4)17(12-9-10-13-17)20(6-2)7-3/h11,14,16,18H,5-10,12-13H2,1-4H3. The summed E-state index contributed by atoms with van der Waals surface area (Å²) in [4.78, 5) is 2.68. The minimum absolute atomic E-state index is 0.256. The minimum Gasteiger partial charge on any atom is -0.307 e. The lowest BCUT2D eigenvalue weighted by atomic mass is 9.83.